The number of hydrogen-bond acceptors (Lipinski definition) is 4. The second kappa shape index (κ2) is 9.57. The number of anilines is 1. The average Bonchev–Trinajstić information content (AvgIpc) is 2.82. The van der Waals surface area contributed by atoms with Gasteiger partial charge in [-0.05, 0) is 31.9 Å². The Morgan fingerprint density at radius 2 is 1.59 bits per heavy atom. The highest BCUT2D eigenvalue weighted by molar-refractivity contribution is 5.81. The lowest BCUT2D eigenvalue weighted by molar-refractivity contribution is -0.139. The van der Waals surface area contributed by atoms with Crippen molar-refractivity contribution in [3.05, 3.63) is 76.5 Å². The van der Waals surface area contributed by atoms with Gasteiger partial charge < -0.3 is 9.80 Å². The summed E-state index contributed by atoms with van der Waals surface area (Å²) < 4.78 is 0. The third-order valence-corrected chi connectivity index (χ3v) is 6.60. The van der Waals surface area contributed by atoms with Crippen LogP contribution in [-0.4, -0.2) is 47.0 Å². The molecule has 0 unspecified atom stereocenters. The fourth-order valence-corrected chi connectivity index (χ4v) is 4.54. The lowest BCUT2D eigenvalue weighted by atomic mass is 9.94. The number of rotatable bonds is 4. The second-order valence-electron chi connectivity index (χ2n) is 10.4. The molecular formula is C29H36N4O. The van der Waals surface area contributed by atoms with Crippen molar-refractivity contribution in [1.82, 2.24) is 14.9 Å². The van der Waals surface area contributed by atoms with Crippen molar-refractivity contribution in [1.29, 1.82) is 0 Å². The maximum absolute atomic E-state index is 12.8. The molecule has 0 atom stereocenters. The predicted octanol–water partition coefficient (Wildman–Crippen LogP) is 5.35. The van der Waals surface area contributed by atoms with Gasteiger partial charge in [0.2, 0.25) is 5.91 Å². The maximum Gasteiger partial charge on any atom is 0.228 e. The molecule has 1 saturated heterocycles. The Morgan fingerprint density at radius 3 is 2.24 bits per heavy atom. The van der Waals surface area contributed by atoms with Crippen molar-refractivity contribution in [2.75, 3.05) is 31.1 Å². The van der Waals surface area contributed by atoms with E-state index < -0.39 is 0 Å². The SMILES string of the molecule is Cc1ccc(C)c(Cc2c(C)nc(-c3ccccc3)nc2N2CCN(C(=O)C(C)(C)C)CC2)c1. The van der Waals surface area contributed by atoms with Gasteiger partial charge in [0.1, 0.15) is 5.82 Å². The molecule has 2 heterocycles. The highest BCUT2D eigenvalue weighted by atomic mass is 16.2. The van der Waals surface area contributed by atoms with Gasteiger partial charge in [-0.2, -0.15) is 0 Å². The number of carbonyl (C=O) groups excluding carboxylic acids is 1. The molecule has 1 aromatic heterocycles. The largest absolute Gasteiger partial charge is 0.353 e. The Balaban J connectivity index is 1.71. The van der Waals surface area contributed by atoms with Crippen molar-refractivity contribution < 1.29 is 4.79 Å². The van der Waals surface area contributed by atoms with Crippen molar-refractivity contribution in [2.45, 2.75) is 48.0 Å². The molecule has 0 saturated carbocycles. The number of piperazine rings is 1. The molecule has 1 aliphatic rings. The summed E-state index contributed by atoms with van der Waals surface area (Å²) in [6.45, 7) is 15.3. The minimum absolute atomic E-state index is 0.214. The molecule has 3 aromatic rings. The van der Waals surface area contributed by atoms with Gasteiger partial charge >= 0.3 is 0 Å². The van der Waals surface area contributed by atoms with Crippen LogP contribution < -0.4 is 4.90 Å². The van der Waals surface area contributed by atoms with E-state index in [4.69, 9.17) is 9.97 Å². The molecule has 0 radical (unpaired) electrons. The first-order valence-corrected chi connectivity index (χ1v) is 12.2. The molecule has 0 N–H and O–H groups in total. The molecule has 178 valence electrons. The van der Waals surface area contributed by atoms with Gasteiger partial charge in [0.25, 0.3) is 0 Å². The molecule has 0 bridgehead atoms. The minimum atomic E-state index is -0.359. The molecule has 2 aromatic carbocycles. The van der Waals surface area contributed by atoms with E-state index in [1.54, 1.807) is 0 Å². The van der Waals surface area contributed by atoms with Crippen LogP contribution in [0.25, 0.3) is 11.4 Å². The van der Waals surface area contributed by atoms with Crippen molar-refractivity contribution in [2.24, 2.45) is 5.41 Å². The number of aryl methyl sites for hydroxylation is 3. The van der Waals surface area contributed by atoms with Gasteiger partial charge in [-0.25, -0.2) is 9.97 Å². The van der Waals surface area contributed by atoms with E-state index >= 15 is 0 Å². The zero-order valence-electron chi connectivity index (χ0n) is 21.4. The minimum Gasteiger partial charge on any atom is -0.353 e. The van der Waals surface area contributed by atoms with Crippen LogP contribution in [0.15, 0.2) is 48.5 Å². The maximum atomic E-state index is 12.8. The van der Waals surface area contributed by atoms with Crippen LogP contribution in [-0.2, 0) is 11.2 Å². The normalized spacial score (nSPS) is 14.4. The highest BCUT2D eigenvalue weighted by Crippen LogP contribution is 2.30. The van der Waals surface area contributed by atoms with Gasteiger partial charge in [0.05, 0.1) is 0 Å². The first-order valence-electron chi connectivity index (χ1n) is 12.2. The van der Waals surface area contributed by atoms with Gasteiger partial charge in [-0.15, -0.1) is 0 Å². The molecule has 1 amide bonds. The van der Waals surface area contributed by atoms with Crippen LogP contribution in [0, 0.1) is 26.2 Å². The van der Waals surface area contributed by atoms with Gasteiger partial charge in [-0.1, -0.05) is 74.9 Å². The monoisotopic (exact) mass is 456 g/mol. The van der Waals surface area contributed by atoms with E-state index in [9.17, 15) is 4.79 Å². The second-order valence-corrected chi connectivity index (χ2v) is 10.4. The van der Waals surface area contributed by atoms with E-state index in [1.165, 1.54) is 22.3 Å². The topological polar surface area (TPSA) is 49.3 Å². The summed E-state index contributed by atoms with van der Waals surface area (Å²) >= 11 is 0. The molecule has 5 nitrogen and oxygen atoms in total. The number of amides is 1. The lowest BCUT2D eigenvalue weighted by Crippen LogP contribution is -2.52. The quantitative estimate of drug-likeness (QED) is 0.531. The summed E-state index contributed by atoms with van der Waals surface area (Å²) in [6, 6.07) is 16.8. The van der Waals surface area contributed by atoms with E-state index in [0.29, 0.717) is 13.1 Å². The fourth-order valence-electron chi connectivity index (χ4n) is 4.54. The summed E-state index contributed by atoms with van der Waals surface area (Å²) in [5, 5.41) is 0. The van der Waals surface area contributed by atoms with Crippen molar-refractivity contribution in [3.63, 3.8) is 0 Å². The molecule has 0 spiro atoms. The Kier molecular flexibility index (Phi) is 6.74. The Morgan fingerprint density at radius 1 is 0.912 bits per heavy atom. The molecule has 4 rings (SSSR count). The Hall–Kier alpha value is -3.21. The molecule has 0 aliphatic carbocycles. The van der Waals surface area contributed by atoms with Crippen molar-refractivity contribution in [3.8, 4) is 11.4 Å². The van der Waals surface area contributed by atoms with Gasteiger partial charge in [0.15, 0.2) is 5.82 Å². The summed E-state index contributed by atoms with van der Waals surface area (Å²) in [7, 11) is 0. The number of carbonyl (C=O) groups is 1. The standard InChI is InChI=1S/C29H36N4O/c1-20-12-13-21(2)24(18-20)19-25-22(3)30-26(23-10-8-7-9-11-23)31-27(25)32-14-16-33(17-15-32)28(34)29(4,5)6/h7-13,18H,14-17,19H2,1-6H3. The van der Waals surface area contributed by atoms with Crippen LogP contribution in [0.5, 0.6) is 0 Å². The first-order chi connectivity index (χ1) is 16.1. The smallest absolute Gasteiger partial charge is 0.228 e. The van der Waals surface area contributed by atoms with Crippen LogP contribution >= 0.6 is 0 Å². The van der Waals surface area contributed by atoms with Gasteiger partial charge in [0, 0.05) is 54.8 Å². The van der Waals surface area contributed by atoms with E-state index in [2.05, 4.69) is 56.0 Å². The summed E-state index contributed by atoms with van der Waals surface area (Å²) in [5.74, 6) is 1.97. The Bertz CT molecular complexity index is 1170. The summed E-state index contributed by atoms with van der Waals surface area (Å²) in [5.41, 5.74) is 6.69. The first kappa shape index (κ1) is 23.9. The number of benzene rings is 2. The molecule has 5 heteroatoms. The van der Waals surface area contributed by atoms with Gasteiger partial charge in [-0.3, -0.25) is 4.79 Å². The molecule has 1 fully saturated rings. The van der Waals surface area contributed by atoms with Crippen molar-refractivity contribution >= 4 is 11.7 Å². The van der Waals surface area contributed by atoms with E-state index in [1.807, 2.05) is 43.9 Å². The highest BCUT2D eigenvalue weighted by Gasteiger charge is 2.31. The van der Waals surface area contributed by atoms with E-state index in [0.717, 1.165) is 42.4 Å². The van der Waals surface area contributed by atoms with Crippen LogP contribution in [0.4, 0.5) is 5.82 Å². The number of nitrogens with zero attached hydrogens (tertiary/aromatic N) is 4. The third-order valence-electron chi connectivity index (χ3n) is 6.60. The van der Waals surface area contributed by atoms with Crippen LogP contribution in [0.2, 0.25) is 0 Å². The number of hydrogen-bond donors (Lipinski definition) is 0. The van der Waals surface area contributed by atoms with Crippen LogP contribution in [0.1, 0.15) is 48.7 Å². The lowest BCUT2D eigenvalue weighted by Gasteiger charge is -2.39. The fraction of sp³-hybridized carbons (Fsp3) is 0.414. The molecule has 1 aliphatic heterocycles. The predicted molar refractivity (Wildman–Crippen MR) is 139 cm³/mol. The van der Waals surface area contributed by atoms with E-state index in [-0.39, 0.29) is 11.3 Å². The zero-order valence-corrected chi connectivity index (χ0v) is 21.4. The molecular weight excluding hydrogens is 420 g/mol. The summed E-state index contributed by atoms with van der Waals surface area (Å²) in [6.07, 6.45) is 0.797. The molecule has 34 heavy (non-hydrogen) atoms. The van der Waals surface area contributed by atoms with Crippen LogP contribution in [0.3, 0.4) is 0 Å². The summed E-state index contributed by atoms with van der Waals surface area (Å²) in [4.78, 5) is 27.2. The number of aromatic nitrogens is 2. The third kappa shape index (κ3) is 5.14. The Labute approximate surface area is 203 Å². The zero-order chi connectivity index (χ0) is 24.5. The average molecular weight is 457 g/mol.